The first-order valence-corrected chi connectivity index (χ1v) is 7.69. The summed E-state index contributed by atoms with van der Waals surface area (Å²) in [7, 11) is 0. The van der Waals surface area contributed by atoms with Crippen LogP contribution in [0.25, 0.3) is 10.2 Å². The highest BCUT2D eigenvalue weighted by Gasteiger charge is 2.25. The molecule has 18 heavy (non-hydrogen) atoms. The second-order valence-electron chi connectivity index (χ2n) is 5.47. The molecular formula is C14H16N2OS. The zero-order chi connectivity index (χ0) is 12.1. The molecule has 3 nitrogen and oxygen atoms in total. The minimum Gasteiger partial charge on any atom is -0.310 e. The van der Waals surface area contributed by atoms with Gasteiger partial charge in [0.2, 0.25) is 0 Å². The van der Waals surface area contributed by atoms with E-state index in [1.807, 2.05) is 0 Å². The Morgan fingerprint density at radius 1 is 1.17 bits per heavy atom. The fourth-order valence-electron chi connectivity index (χ4n) is 3.06. The zero-order valence-corrected chi connectivity index (χ0v) is 11.1. The Bertz CT molecular complexity index is 666. The Balaban J connectivity index is 1.94. The summed E-state index contributed by atoms with van der Waals surface area (Å²) < 4.78 is 0. The van der Waals surface area contributed by atoms with Gasteiger partial charge in [-0.2, -0.15) is 0 Å². The van der Waals surface area contributed by atoms with Crippen molar-refractivity contribution >= 4 is 21.6 Å². The van der Waals surface area contributed by atoms with E-state index in [2.05, 4.69) is 4.98 Å². The molecule has 4 heteroatoms. The number of nitrogens with zero attached hydrogens (tertiary/aromatic N) is 1. The van der Waals surface area contributed by atoms with E-state index in [0.717, 1.165) is 28.9 Å². The molecule has 2 aliphatic rings. The van der Waals surface area contributed by atoms with Crippen LogP contribution in [0, 0.1) is 0 Å². The van der Waals surface area contributed by atoms with Gasteiger partial charge < -0.3 is 4.98 Å². The predicted molar refractivity (Wildman–Crippen MR) is 73.5 cm³/mol. The topological polar surface area (TPSA) is 45.8 Å². The van der Waals surface area contributed by atoms with Crippen molar-refractivity contribution in [2.75, 3.05) is 0 Å². The second kappa shape index (κ2) is 3.92. The summed E-state index contributed by atoms with van der Waals surface area (Å²) in [5, 5.41) is 0.887. The number of aromatic nitrogens is 2. The quantitative estimate of drug-likeness (QED) is 0.856. The number of aryl methyl sites for hydroxylation is 2. The molecule has 1 fully saturated rings. The lowest BCUT2D eigenvalue weighted by Crippen LogP contribution is -2.19. The Morgan fingerprint density at radius 3 is 2.78 bits per heavy atom. The Hall–Kier alpha value is -1.16. The lowest BCUT2D eigenvalue weighted by molar-refractivity contribution is 0.402. The monoisotopic (exact) mass is 260 g/mol. The third-order valence-electron chi connectivity index (χ3n) is 4.34. The highest BCUT2D eigenvalue weighted by atomic mass is 32.1. The third kappa shape index (κ3) is 1.48. The van der Waals surface area contributed by atoms with E-state index in [-0.39, 0.29) is 5.56 Å². The summed E-state index contributed by atoms with van der Waals surface area (Å²) in [6.07, 6.45) is 8.29. The summed E-state index contributed by atoms with van der Waals surface area (Å²) in [6.45, 7) is 0. The van der Waals surface area contributed by atoms with E-state index in [9.17, 15) is 4.79 Å². The van der Waals surface area contributed by atoms with Gasteiger partial charge >= 0.3 is 0 Å². The number of rotatable bonds is 1. The highest BCUT2D eigenvalue weighted by Crippen LogP contribution is 2.37. The fourth-order valence-corrected chi connectivity index (χ4v) is 4.32. The van der Waals surface area contributed by atoms with Gasteiger partial charge in [0.25, 0.3) is 5.56 Å². The minimum atomic E-state index is 0.0984. The smallest absolute Gasteiger partial charge is 0.259 e. The second-order valence-corrected chi connectivity index (χ2v) is 6.55. The van der Waals surface area contributed by atoms with E-state index in [0.29, 0.717) is 5.92 Å². The van der Waals surface area contributed by atoms with Crippen molar-refractivity contribution in [3.8, 4) is 0 Å². The number of hydrogen-bond donors (Lipinski definition) is 1. The number of H-pyrrole nitrogens is 1. The highest BCUT2D eigenvalue weighted by molar-refractivity contribution is 7.18. The average molecular weight is 260 g/mol. The van der Waals surface area contributed by atoms with Crippen molar-refractivity contribution in [1.29, 1.82) is 0 Å². The van der Waals surface area contributed by atoms with Crippen LogP contribution in [0.1, 0.15) is 54.3 Å². The summed E-state index contributed by atoms with van der Waals surface area (Å²) in [4.78, 5) is 22.4. The molecule has 2 aliphatic carbocycles. The minimum absolute atomic E-state index is 0.0984. The van der Waals surface area contributed by atoms with Crippen LogP contribution in [0.2, 0.25) is 0 Å². The fraction of sp³-hybridized carbons (Fsp3) is 0.571. The van der Waals surface area contributed by atoms with Gasteiger partial charge in [0.05, 0.1) is 5.39 Å². The van der Waals surface area contributed by atoms with Gasteiger partial charge in [-0.15, -0.1) is 11.3 Å². The zero-order valence-electron chi connectivity index (χ0n) is 10.3. The standard InChI is InChI=1S/C14H16N2OS/c17-13-11-9-6-1-2-7-10(9)18-14(11)16-12(15-13)8-4-3-5-8/h8H,1-7H2,(H,15,16,17). The van der Waals surface area contributed by atoms with Gasteiger partial charge in [-0.25, -0.2) is 4.98 Å². The van der Waals surface area contributed by atoms with Crippen molar-refractivity contribution in [2.24, 2.45) is 0 Å². The Morgan fingerprint density at radius 2 is 2.00 bits per heavy atom. The molecule has 0 radical (unpaired) electrons. The largest absolute Gasteiger partial charge is 0.310 e. The van der Waals surface area contributed by atoms with Gasteiger partial charge in [0.1, 0.15) is 10.7 Å². The van der Waals surface area contributed by atoms with Gasteiger partial charge in [0.15, 0.2) is 0 Å². The predicted octanol–water partition coefficient (Wildman–Crippen LogP) is 3.13. The van der Waals surface area contributed by atoms with Crippen LogP contribution in [-0.4, -0.2) is 9.97 Å². The Kier molecular flexibility index (Phi) is 2.34. The Labute approximate surface area is 109 Å². The number of hydrogen-bond acceptors (Lipinski definition) is 3. The summed E-state index contributed by atoms with van der Waals surface area (Å²) >= 11 is 1.75. The first kappa shape index (κ1) is 10.7. The first-order chi connectivity index (χ1) is 8.83. The molecular weight excluding hydrogens is 244 g/mol. The molecule has 0 amide bonds. The van der Waals surface area contributed by atoms with Crippen molar-refractivity contribution in [3.05, 3.63) is 26.6 Å². The van der Waals surface area contributed by atoms with Crippen LogP contribution in [0.5, 0.6) is 0 Å². The van der Waals surface area contributed by atoms with E-state index in [4.69, 9.17) is 4.98 Å². The van der Waals surface area contributed by atoms with Crippen LogP contribution in [-0.2, 0) is 12.8 Å². The average Bonchev–Trinajstić information content (AvgIpc) is 2.64. The van der Waals surface area contributed by atoms with Crippen LogP contribution in [0.3, 0.4) is 0 Å². The molecule has 0 unspecified atom stereocenters. The molecule has 4 rings (SSSR count). The van der Waals surface area contributed by atoms with Crippen molar-refractivity contribution in [1.82, 2.24) is 9.97 Å². The lowest BCUT2D eigenvalue weighted by Gasteiger charge is -2.23. The molecule has 1 N–H and O–H groups in total. The summed E-state index contributed by atoms with van der Waals surface area (Å²) in [5.74, 6) is 1.43. The third-order valence-corrected chi connectivity index (χ3v) is 5.52. The van der Waals surface area contributed by atoms with Gasteiger partial charge in [-0.05, 0) is 44.1 Å². The van der Waals surface area contributed by atoms with Crippen molar-refractivity contribution in [3.63, 3.8) is 0 Å². The van der Waals surface area contributed by atoms with Crippen molar-refractivity contribution < 1.29 is 0 Å². The van der Waals surface area contributed by atoms with E-state index in [1.165, 1.54) is 42.5 Å². The summed E-state index contributed by atoms with van der Waals surface area (Å²) in [5.41, 5.74) is 1.39. The molecule has 0 saturated heterocycles. The van der Waals surface area contributed by atoms with Crippen molar-refractivity contribution in [2.45, 2.75) is 50.9 Å². The van der Waals surface area contributed by atoms with E-state index >= 15 is 0 Å². The molecule has 0 spiro atoms. The molecule has 0 atom stereocenters. The first-order valence-electron chi connectivity index (χ1n) is 6.87. The molecule has 2 heterocycles. The van der Waals surface area contributed by atoms with Gasteiger partial charge in [0, 0.05) is 10.8 Å². The number of thiophene rings is 1. The molecule has 94 valence electrons. The maximum Gasteiger partial charge on any atom is 0.259 e. The number of fused-ring (bicyclic) bond motifs is 3. The molecule has 0 aromatic carbocycles. The summed E-state index contributed by atoms with van der Waals surface area (Å²) in [6, 6.07) is 0. The van der Waals surface area contributed by atoms with E-state index < -0.39 is 0 Å². The maximum absolute atomic E-state index is 12.3. The van der Waals surface area contributed by atoms with E-state index in [1.54, 1.807) is 11.3 Å². The molecule has 1 saturated carbocycles. The molecule has 0 aliphatic heterocycles. The molecule has 2 aromatic heterocycles. The SMILES string of the molecule is O=c1[nH]c(C2CCC2)nc2sc3c(c12)CCCC3. The molecule has 2 aromatic rings. The van der Waals surface area contributed by atoms with Crippen LogP contribution < -0.4 is 5.56 Å². The van der Waals surface area contributed by atoms with Gasteiger partial charge in [-0.1, -0.05) is 6.42 Å². The van der Waals surface area contributed by atoms with Crippen LogP contribution in [0.4, 0.5) is 0 Å². The van der Waals surface area contributed by atoms with Crippen LogP contribution >= 0.6 is 11.3 Å². The lowest BCUT2D eigenvalue weighted by atomic mass is 9.85. The van der Waals surface area contributed by atoms with Gasteiger partial charge in [-0.3, -0.25) is 4.79 Å². The maximum atomic E-state index is 12.3. The van der Waals surface area contributed by atoms with Crippen LogP contribution in [0.15, 0.2) is 4.79 Å². The number of nitrogens with one attached hydrogen (secondary N) is 1. The molecule has 0 bridgehead atoms. The number of aromatic amines is 1. The normalized spacial score (nSPS) is 19.8.